The van der Waals surface area contributed by atoms with Gasteiger partial charge in [0.2, 0.25) is 0 Å². The average molecular weight is 204 g/mol. The van der Waals surface area contributed by atoms with E-state index in [0.717, 1.165) is 19.3 Å². The molecule has 0 aliphatic carbocycles. The molecule has 2 atom stereocenters. The molecule has 2 unspecified atom stereocenters. The number of aliphatic hydroxyl groups is 1. The molecule has 68 valence electrons. The van der Waals surface area contributed by atoms with Crippen LogP contribution < -0.4 is 29.6 Å². The molecular weight excluding hydrogens is 191 g/mol. The van der Waals surface area contributed by atoms with Gasteiger partial charge in [0.05, 0.1) is 11.4 Å². The molecule has 0 rings (SSSR count). The zero-order chi connectivity index (χ0) is 8.69. The van der Waals surface area contributed by atoms with Crippen molar-refractivity contribution >= 4 is 11.4 Å². The van der Waals surface area contributed by atoms with E-state index in [0.29, 0.717) is 6.42 Å². The fourth-order valence-corrected chi connectivity index (χ4v) is 0.985. The zero-order valence-corrected chi connectivity index (χ0v) is 10.3. The molecule has 1 N–H and O–H groups in total. The van der Waals surface area contributed by atoms with Gasteiger partial charge in [0.15, 0.2) is 6.29 Å². The molecule has 0 saturated heterocycles. The maximum absolute atomic E-state index is 9.86. The van der Waals surface area contributed by atoms with E-state index in [-0.39, 0.29) is 29.6 Å². The third-order valence-corrected chi connectivity index (χ3v) is 1.62. The first kappa shape index (κ1) is 15.5. The Balaban J connectivity index is 0. The van der Waals surface area contributed by atoms with Gasteiger partial charge in [-0.15, -0.1) is 0 Å². The van der Waals surface area contributed by atoms with E-state index in [2.05, 4.69) is 4.18 Å². The van der Waals surface area contributed by atoms with Crippen LogP contribution in [0.1, 0.15) is 32.6 Å². The summed E-state index contributed by atoms with van der Waals surface area (Å²) in [4.78, 5) is 0. The number of hydrogen-bond donors (Lipinski definition) is 1. The van der Waals surface area contributed by atoms with Crippen LogP contribution in [0, 0.1) is 0 Å². The second-order valence-electron chi connectivity index (χ2n) is 2.25. The van der Waals surface area contributed by atoms with Crippen LogP contribution in [0.5, 0.6) is 0 Å². The predicted molar refractivity (Wildman–Crippen MR) is 40.2 cm³/mol. The number of hydrogen-bond acceptors (Lipinski definition) is 4. The van der Waals surface area contributed by atoms with Gasteiger partial charge < -0.3 is 9.66 Å². The van der Waals surface area contributed by atoms with Crippen molar-refractivity contribution in [3.05, 3.63) is 0 Å². The van der Waals surface area contributed by atoms with E-state index in [9.17, 15) is 8.76 Å². The maximum Gasteiger partial charge on any atom is 1.00 e. The minimum absolute atomic E-state index is 0. The van der Waals surface area contributed by atoms with Crippen molar-refractivity contribution in [1.29, 1.82) is 0 Å². The van der Waals surface area contributed by atoms with E-state index >= 15 is 0 Å². The van der Waals surface area contributed by atoms with Crippen LogP contribution in [-0.2, 0) is 15.5 Å². The van der Waals surface area contributed by atoms with Gasteiger partial charge in [-0.25, -0.2) is 4.21 Å². The minimum Gasteiger partial charge on any atom is -0.750 e. The van der Waals surface area contributed by atoms with Gasteiger partial charge in [-0.1, -0.05) is 19.8 Å². The fourth-order valence-electron chi connectivity index (χ4n) is 0.708. The van der Waals surface area contributed by atoms with Crippen molar-refractivity contribution in [1.82, 2.24) is 0 Å². The molecule has 0 fully saturated rings. The third-order valence-electron chi connectivity index (χ3n) is 1.24. The second kappa shape index (κ2) is 10.1. The minimum atomic E-state index is -2.60. The Morgan fingerprint density at radius 3 is 2.58 bits per heavy atom. The van der Waals surface area contributed by atoms with E-state index in [1.807, 2.05) is 6.92 Å². The van der Waals surface area contributed by atoms with Crippen LogP contribution in [0.3, 0.4) is 0 Å². The topological polar surface area (TPSA) is 69.6 Å². The van der Waals surface area contributed by atoms with Crippen molar-refractivity contribution in [2.45, 2.75) is 38.9 Å². The van der Waals surface area contributed by atoms with Crippen LogP contribution in [0.4, 0.5) is 0 Å². The molecule has 0 heterocycles. The number of rotatable bonds is 6. The normalized spacial score (nSPS) is 14.9. The number of unbranched alkanes of at least 4 members (excludes halogenated alkanes) is 2. The summed E-state index contributed by atoms with van der Waals surface area (Å²) < 4.78 is 23.8. The average Bonchev–Trinajstić information content (AvgIpc) is 1.86. The Kier molecular flexibility index (Phi) is 13.1. The number of aliphatic hydroxyl groups excluding tert-OH is 1. The van der Waals surface area contributed by atoms with Gasteiger partial charge in [0.25, 0.3) is 0 Å². The van der Waals surface area contributed by atoms with Gasteiger partial charge in [0, 0.05) is 0 Å². The van der Waals surface area contributed by atoms with Crippen LogP contribution in [0.15, 0.2) is 0 Å². The quantitative estimate of drug-likeness (QED) is 0.229. The first-order chi connectivity index (χ1) is 5.16. The van der Waals surface area contributed by atoms with Crippen molar-refractivity contribution in [2.75, 3.05) is 0 Å². The smallest absolute Gasteiger partial charge is 0.750 e. The Morgan fingerprint density at radius 1 is 1.58 bits per heavy atom. The summed E-state index contributed by atoms with van der Waals surface area (Å²) in [6.07, 6.45) is 2.01. The molecule has 0 amide bonds. The van der Waals surface area contributed by atoms with Crippen molar-refractivity contribution in [3.63, 3.8) is 0 Å². The van der Waals surface area contributed by atoms with Gasteiger partial charge >= 0.3 is 29.6 Å². The first-order valence-corrected chi connectivity index (χ1v) is 4.61. The zero-order valence-electron chi connectivity index (χ0n) is 7.49. The molecule has 0 saturated carbocycles. The van der Waals surface area contributed by atoms with Crippen LogP contribution in [-0.4, -0.2) is 20.2 Å². The van der Waals surface area contributed by atoms with Crippen LogP contribution >= 0.6 is 0 Å². The molecule has 0 aliphatic rings. The van der Waals surface area contributed by atoms with Gasteiger partial charge in [0.1, 0.15) is 0 Å². The van der Waals surface area contributed by atoms with E-state index in [4.69, 9.17) is 5.11 Å². The monoisotopic (exact) mass is 204 g/mol. The Labute approximate surface area is 97.5 Å². The summed E-state index contributed by atoms with van der Waals surface area (Å²) >= 11 is -2.60. The van der Waals surface area contributed by atoms with Gasteiger partial charge in [-0.05, 0) is 12.8 Å². The van der Waals surface area contributed by atoms with Crippen LogP contribution in [0.25, 0.3) is 0 Å². The third kappa shape index (κ3) is 11.0. The van der Waals surface area contributed by atoms with Gasteiger partial charge in [-0.3, -0.25) is 4.18 Å². The summed E-state index contributed by atoms with van der Waals surface area (Å²) in [5.41, 5.74) is 0. The molecule has 0 aromatic carbocycles. The van der Waals surface area contributed by atoms with Crippen molar-refractivity contribution < 1.29 is 47.6 Å². The maximum atomic E-state index is 9.86. The molecule has 0 radical (unpaired) electrons. The molecule has 0 aromatic heterocycles. The molecule has 4 nitrogen and oxygen atoms in total. The molecule has 0 spiro atoms. The summed E-state index contributed by atoms with van der Waals surface area (Å²) in [6.45, 7) is 2.03. The standard InChI is InChI=1S/C6H14O4S.Na/c1-2-3-4-5-6(7)10-11(8)9;/h6-7H,2-5H2,1H3,(H,8,9);/q;+1/p-1. The summed E-state index contributed by atoms with van der Waals surface area (Å²) in [6, 6.07) is 0. The molecule has 0 aliphatic heterocycles. The van der Waals surface area contributed by atoms with Crippen molar-refractivity contribution in [2.24, 2.45) is 0 Å². The molecule has 0 bridgehead atoms. The van der Waals surface area contributed by atoms with E-state index in [1.165, 1.54) is 0 Å². The molecule has 12 heavy (non-hydrogen) atoms. The molecule has 0 aromatic rings. The second-order valence-corrected chi connectivity index (χ2v) is 2.85. The van der Waals surface area contributed by atoms with Gasteiger partial charge in [-0.2, -0.15) is 0 Å². The summed E-state index contributed by atoms with van der Waals surface area (Å²) in [5.74, 6) is 0. The van der Waals surface area contributed by atoms with E-state index in [1.54, 1.807) is 0 Å². The predicted octanol–water partition coefficient (Wildman–Crippen LogP) is -2.30. The largest absolute Gasteiger partial charge is 1.00 e. The SMILES string of the molecule is CCCCCC(O)OS(=O)[O-].[Na+]. The van der Waals surface area contributed by atoms with Crippen molar-refractivity contribution in [3.8, 4) is 0 Å². The Hall–Kier alpha value is 1.03. The first-order valence-electron chi connectivity index (χ1n) is 3.61. The summed E-state index contributed by atoms with van der Waals surface area (Å²) in [5, 5.41) is 8.83. The summed E-state index contributed by atoms with van der Waals surface area (Å²) in [7, 11) is 0. The Bertz CT molecular complexity index is 122. The Morgan fingerprint density at radius 2 is 2.17 bits per heavy atom. The molecule has 6 heteroatoms. The van der Waals surface area contributed by atoms with E-state index < -0.39 is 17.7 Å². The van der Waals surface area contributed by atoms with Crippen LogP contribution in [0.2, 0.25) is 0 Å². The fraction of sp³-hybridized carbons (Fsp3) is 1.00. The molecular formula is C6H13NaO4S.